The van der Waals surface area contributed by atoms with E-state index in [-0.39, 0.29) is 12.1 Å². The number of piperidine rings is 1. The maximum Gasteiger partial charge on any atom is 0.306 e. The van der Waals surface area contributed by atoms with Gasteiger partial charge in [0, 0.05) is 25.7 Å². The van der Waals surface area contributed by atoms with Crippen molar-refractivity contribution < 1.29 is 14.0 Å². The van der Waals surface area contributed by atoms with Gasteiger partial charge in [-0.2, -0.15) is 0 Å². The molecule has 0 amide bonds. The van der Waals surface area contributed by atoms with E-state index >= 15 is 0 Å². The molecule has 2 bridgehead atoms. The first-order chi connectivity index (χ1) is 14.4. The van der Waals surface area contributed by atoms with Crippen LogP contribution in [0, 0.1) is 5.92 Å². The van der Waals surface area contributed by atoms with E-state index < -0.39 is 0 Å². The molecular weight excluding hydrogens is 370 g/mol. The summed E-state index contributed by atoms with van der Waals surface area (Å²) >= 11 is 0. The van der Waals surface area contributed by atoms with E-state index in [0.29, 0.717) is 36.5 Å². The van der Waals surface area contributed by atoms with Gasteiger partial charge in [0.25, 0.3) is 0 Å². The first-order valence-electron chi connectivity index (χ1n) is 12.3. The molecule has 2 unspecified atom stereocenters. The van der Waals surface area contributed by atoms with Crippen molar-refractivity contribution in [3.63, 3.8) is 0 Å². The lowest BCUT2D eigenvalue weighted by Crippen LogP contribution is -2.68. The summed E-state index contributed by atoms with van der Waals surface area (Å²) in [6.07, 6.45) is 11.0. The second-order valence-electron chi connectivity index (χ2n) is 10.4. The van der Waals surface area contributed by atoms with Crippen molar-refractivity contribution in [2.24, 2.45) is 5.92 Å². The van der Waals surface area contributed by atoms with Crippen LogP contribution in [0.1, 0.15) is 84.6 Å². The van der Waals surface area contributed by atoms with Gasteiger partial charge in [-0.05, 0) is 64.0 Å². The number of rotatable bonds is 6. The highest BCUT2D eigenvalue weighted by Gasteiger charge is 2.57. The molecule has 0 N–H and O–H groups in total. The van der Waals surface area contributed by atoms with Crippen molar-refractivity contribution in [1.82, 2.24) is 0 Å². The average Bonchev–Trinajstić information content (AvgIpc) is 2.95. The molecule has 4 rings (SSSR count). The Morgan fingerprint density at radius 2 is 1.63 bits per heavy atom. The monoisotopic (exact) mass is 410 g/mol. The average molecular weight is 411 g/mol. The van der Waals surface area contributed by atoms with Gasteiger partial charge < -0.3 is 9.22 Å². The van der Waals surface area contributed by atoms with Crippen LogP contribution < -0.4 is 0 Å². The highest BCUT2D eigenvalue weighted by Crippen LogP contribution is 2.47. The van der Waals surface area contributed by atoms with Gasteiger partial charge in [0.2, 0.25) is 0 Å². The summed E-state index contributed by atoms with van der Waals surface area (Å²) in [4.78, 5) is 13.0. The lowest BCUT2D eigenvalue weighted by molar-refractivity contribution is -1.00. The van der Waals surface area contributed by atoms with Gasteiger partial charge >= 0.3 is 5.97 Å². The SMILES string of the molecule is CC(C)[N+]1(C(C)C)[C@@H]2CC[C@H]1CC(OC(=O)CC1CCCC=C1c1ccccc1)C2. The fourth-order valence-electron chi connectivity index (χ4n) is 7.39. The Morgan fingerprint density at radius 1 is 1.00 bits per heavy atom. The van der Waals surface area contributed by atoms with Crippen LogP contribution in [0.15, 0.2) is 36.4 Å². The molecule has 0 aromatic heterocycles. The van der Waals surface area contributed by atoms with E-state index in [9.17, 15) is 4.79 Å². The quantitative estimate of drug-likeness (QED) is 0.416. The molecule has 2 fully saturated rings. The van der Waals surface area contributed by atoms with E-state index in [0.717, 1.165) is 25.7 Å². The molecule has 3 aliphatic rings. The van der Waals surface area contributed by atoms with E-state index in [4.69, 9.17) is 4.74 Å². The summed E-state index contributed by atoms with van der Waals surface area (Å²) < 4.78 is 7.37. The van der Waals surface area contributed by atoms with Crippen LogP contribution in [0.5, 0.6) is 0 Å². The van der Waals surface area contributed by atoms with Gasteiger partial charge in [0.1, 0.15) is 6.10 Å². The van der Waals surface area contributed by atoms with Crippen molar-refractivity contribution in [3.05, 3.63) is 42.0 Å². The summed E-state index contributed by atoms with van der Waals surface area (Å²) in [5.41, 5.74) is 2.61. The Morgan fingerprint density at radius 3 is 2.23 bits per heavy atom. The molecule has 1 aromatic carbocycles. The molecule has 30 heavy (non-hydrogen) atoms. The van der Waals surface area contributed by atoms with Crippen molar-refractivity contribution in [3.8, 4) is 0 Å². The predicted octanol–water partition coefficient (Wildman–Crippen LogP) is 6.13. The number of carbonyl (C=O) groups is 1. The molecule has 0 saturated carbocycles. The standard InChI is InChI=1S/C27H40NO2/c1-19(2)28(20(3)4)23-14-15-24(28)18-25(17-23)30-27(29)16-22-12-8-9-13-26(22)21-10-6-5-7-11-21/h5-7,10-11,13,19-20,22-25H,8-9,12,14-18H2,1-4H3/q+1/t22?,23-,24+,25?. The third kappa shape index (κ3) is 3.86. The largest absolute Gasteiger partial charge is 0.462 e. The molecule has 4 atom stereocenters. The number of benzene rings is 1. The van der Waals surface area contributed by atoms with Gasteiger partial charge in [-0.3, -0.25) is 4.79 Å². The topological polar surface area (TPSA) is 26.3 Å². The highest BCUT2D eigenvalue weighted by molar-refractivity contribution is 5.76. The minimum Gasteiger partial charge on any atom is -0.462 e. The first-order valence-corrected chi connectivity index (χ1v) is 12.3. The molecule has 2 heterocycles. The number of quaternary nitrogens is 1. The minimum absolute atomic E-state index is 0.0159. The van der Waals surface area contributed by atoms with Crippen molar-refractivity contribution in [1.29, 1.82) is 0 Å². The van der Waals surface area contributed by atoms with Crippen LogP contribution in [0.2, 0.25) is 0 Å². The van der Waals surface area contributed by atoms with Gasteiger partial charge in [0.05, 0.1) is 30.6 Å². The number of esters is 1. The van der Waals surface area contributed by atoms with E-state index in [1.54, 1.807) is 0 Å². The Hall–Kier alpha value is -1.61. The van der Waals surface area contributed by atoms with Gasteiger partial charge in [-0.15, -0.1) is 0 Å². The molecule has 1 aromatic rings. The molecule has 0 radical (unpaired) electrons. The third-order valence-electron chi connectivity index (χ3n) is 8.34. The lowest BCUT2D eigenvalue weighted by Gasteiger charge is -2.55. The smallest absolute Gasteiger partial charge is 0.306 e. The van der Waals surface area contributed by atoms with Crippen LogP contribution in [0.3, 0.4) is 0 Å². The summed E-state index contributed by atoms with van der Waals surface area (Å²) in [6, 6.07) is 13.2. The maximum atomic E-state index is 13.0. The Bertz CT molecular complexity index is 742. The predicted molar refractivity (Wildman–Crippen MR) is 123 cm³/mol. The zero-order chi connectivity index (χ0) is 21.3. The van der Waals surface area contributed by atoms with Crippen LogP contribution >= 0.6 is 0 Å². The summed E-state index contributed by atoms with van der Waals surface area (Å²) in [7, 11) is 0. The molecule has 3 nitrogen and oxygen atoms in total. The molecule has 0 spiro atoms. The Balaban J connectivity index is 1.40. The van der Waals surface area contributed by atoms with Crippen molar-refractivity contribution >= 4 is 11.5 Å². The molecule has 2 saturated heterocycles. The molecule has 164 valence electrons. The molecule has 3 heteroatoms. The van der Waals surface area contributed by atoms with Crippen molar-refractivity contribution in [2.75, 3.05) is 0 Å². The zero-order valence-corrected chi connectivity index (χ0v) is 19.3. The van der Waals surface area contributed by atoms with Crippen LogP contribution in [-0.4, -0.2) is 40.7 Å². The van der Waals surface area contributed by atoms with E-state index in [1.807, 2.05) is 0 Å². The first kappa shape index (κ1) is 21.6. The summed E-state index contributed by atoms with van der Waals surface area (Å²) in [5.74, 6) is 0.317. The molecule has 1 aliphatic carbocycles. The number of allylic oxidation sites excluding steroid dienone is 2. The number of hydrogen-bond donors (Lipinski definition) is 0. The second-order valence-corrected chi connectivity index (χ2v) is 10.4. The third-order valence-corrected chi connectivity index (χ3v) is 8.34. The normalized spacial score (nSPS) is 30.4. The zero-order valence-electron chi connectivity index (χ0n) is 19.3. The minimum atomic E-state index is 0.0159. The molecular formula is C27H40NO2+. The van der Waals surface area contributed by atoms with Gasteiger partial charge in [-0.25, -0.2) is 0 Å². The number of fused-ring (bicyclic) bond motifs is 2. The fourth-order valence-corrected chi connectivity index (χ4v) is 7.39. The highest BCUT2D eigenvalue weighted by atomic mass is 16.5. The molecule has 2 aliphatic heterocycles. The summed E-state index contributed by atoms with van der Waals surface area (Å²) in [6.45, 7) is 9.55. The van der Waals surface area contributed by atoms with E-state index in [2.05, 4.69) is 64.1 Å². The van der Waals surface area contributed by atoms with E-state index in [1.165, 1.54) is 34.9 Å². The second kappa shape index (κ2) is 8.86. The van der Waals surface area contributed by atoms with Crippen LogP contribution in [0.4, 0.5) is 0 Å². The lowest BCUT2D eigenvalue weighted by atomic mass is 9.82. The number of hydrogen-bond acceptors (Lipinski definition) is 2. The number of carbonyl (C=O) groups excluding carboxylic acids is 1. The van der Waals surface area contributed by atoms with Crippen LogP contribution in [0.25, 0.3) is 5.57 Å². The fraction of sp³-hybridized carbons (Fsp3) is 0.667. The van der Waals surface area contributed by atoms with Gasteiger partial charge in [-0.1, -0.05) is 36.4 Å². The summed E-state index contributed by atoms with van der Waals surface area (Å²) in [5, 5.41) is 0. The number of nitrogens with zero attached hydrogens (tertiary/aromatic N) is 1. The Kier molecular flexibility index (Phi) is 6.39. The van der Waals surface area contributed by atoms with Crippen molar-refractivity contribution in [2.45, 2.75) is 109 Å². The maximum absolute atomic E-state index is 13.0. The Labute approximate surface area is 183 Å². The number of ether oxygens (including phenoxy) is 1. The van der Waals surface area contributed by atoms with Crippen LogP contribution in [-0.2, 0) is 9.53 Å². The van der Waals surface area contributed by atoms with Gasteiger partial charge in [0.15, 0.2) is 0 Å².